The molecule has 1 aliphatic heterocycles. The van der Waals surface area contributed by atoms with Crippen LogP contribution >= 0.6 is 0 Å². The Bertz CT molecular complexity index is 358. The van der Waals surface area contributed by atoms with Crippen molar-refractivity contribution in [2.24, 2.45) is 5.92 Å². The Balaban J connectivity index is 1.93. The molecule has 16 heavy (non-hydrogen) atoms. The van der Waals surface area contributed by atoms with E-state index in [0.29, 0.717) is 18.4 Å². The molecule has 2 heterocycles. The van der Waals surface area contributed by atoms with E-state index in [4.69, 9.17) is 9.26 Å². The molecule has 0 spiro atoms. The zero-order valence-corrected chi connectivity index (χ0v) is 9.23. The van der Waals surface area contributed by atoms with Gasteiger partial charge in [-0.15, -0.1) is 0 Å². The molecule has 0 bridgehead atoms. The third-order valence-electron chi connectivity index (χ3n) is 2.55. The zero-order chi connectivity index (χ0) is 11.4. The van der Waals surface area contributed by atoms with Gasteiger partial charge in [-0.2, -0.15) is 4.98 Å². The van der Waals surface area contributed by atoms with Crippen LogP contribution in [0, 0.1) is 5.92 Å². The van der Waals surface area contributed by atoms with Crippen molar-refractivity contribution in [1.29, 1.82) is 0 Å². The summed E-state index contributed by atoms with van der Waals surface area (Å²) in [4.78, 5) is 15.3. The maximum Gasteiger partial charge on any atom is 0.379 e. The molecule has 1 atom stereocenters. The van der Waals surface area contributed by atoms with Gasteiger partial charge in [0, 0.05) is 6.42 Å². The van der Waals surface area contributed by atoms with Gasteiger partial charge in [0.1, 0.15) is 0 Å². The van der Waals surface area contributed by atoms with E-state index in [9.17, 15) is 4.79 Å². The van der Waals surface area contributed by atoms with Crippen LogP contribution in [0.3, 0.4) is 0 Å². The van der Waals surface area contributed by atoms with Crippen molar-refractivity contribution in [1.82, 2.24) is 15.5 Å². The van der Waals surface area contributed by atoms with E-state index >= 15 is 0 Å². The summed E-state index contributed by atoms with van der Waals surface area (Å²) in [5.41, 5.74) is 0. The number of nitrogens with zero attached hydrogens (tertiary/aromatic N) is 2. The summed E-state index contributed by atoms with van der Waals surface area (Å²) >= 11 is 0. The van der Waals surface area contributed by atoms with Crippen LogP contribution in [0.1, 0.15) is 29.9 Å². The highest BCUT2D eigenvalue weighted by molar-refractivity contribution is 5.84. The highest BCUT2D eigenvalue weighted by Gasteiger charge is 2.20. The van der Waals surface area contributed by atoms with Crippen LogP contribution in [0.25, 0.3) is 0 Å². The highest BCUT2D eigenvalue weighted by Crippen LogP contribution is 2.13. The van der Waals surface area contributed by atoms with Gasteiger partial charge in [-0.1, -0.05) is 0 Å². The zero-order valence-electron chi connectivity index (χ0n) is 9.23. The van der Waals surface area contributed by atoms with Crippen molar-refractivity contribution >= 4 is 5.97 Å². The molecule has 1 aromatic rings. The van der Waals surface area contributed by atoms with Gasteiger partial charge in [0.25, 0.3) is 5.82 Å². The molecule has 1 aliphatic rings. The average molecular weight is 225 g/mol. The second-order valence-corrected chi connectivity index (χ2v) is 3.80. The van der Waals surface area contributed by atoms with E-state index in [1.807, 2.05) is 0 Å². The van der Waals surface area contributed by atoms with Crippen LogP contribution in [0.5, 0.6) is 0 Å². The SMILES string of the molecule is CCOC(=O)c1noc(CC2CCNC2)n1. The van der Waals surface area contributed by atoms with Gasteiger partial charge in [-0.25, -0.2) is 4.79 Å². The molecule has 6 nitrogen and oxygen atoms in total. The molecule has 0 saturated carbocycles. The molecule has 0 radical (unpaired) electrons. The minimum atomic E-state index is -0.526. The average Bonchev–Trinajstić information content (AvgIpc) is 2.90. The predicted molar refractivity (Wildman–Crippen MR) is 54.9 cm³/mol. The van der Waals surface area contributed by atoms with Crippen LogP contribution in [-0.4, -0.2) is 35.8 Å². The molecule has 2 rings (SSSR count). The van der Waals surface area contributed by atoms with Gasteiger partial charge in [-0.05, 0) is 37.5 Å². The van der Waals surface area contributed by atoms with Gasteiger partial charge >= 0.3 is 5.97 Å². The summed E-state index contributed by atoms with van der Waals surface area (Å²) in [6.45, 7) is 4.05. The van der Waals surface area contributed by atoms with Crippen LogP contribution < -0.4 is 5.32 Å². The van der Waals surface area contributed by atoms with E-state index in [1.54, 1.807) is 6.92 Å². The van der Waals surface area contributed by atoms with Crippen molar-refractivity contribution in [2.75, 3.05) is 19.7 Å². The number of carbonyl (C=O) groups is 1. The van der Waals surface area contributed by atoms with E-state index in [2.05, 4.69) is 15.5 Å². The smallest absolute Gasteiger partial charge is 0.379 e. The van der Waals surface area contributed by atoms with Crippen molar-refractivity contribution in [3.05, 3.63) is 11.7 Å². The first-order valence-corrected chi connectivity index (χ1v) is 5.50. The molecule has 0 aromatic carbocycles. The Morgan fingerprint density at radius 3 is 3.25 bits per heavy atom. The maximum atomic E-state index is 11.3. The molecule has 1 unspecified atom stereocenters. The number of aromatic nitrogens is 2. The number of ether oxygens (including phenoxy) is 1. The fourth-order valence-corrected chi connectivity index (χ4v) is 1.75. The van der Waals surface area contributed by atoms with Crippen LogP contribution in [0.2, 0.25) is 0 Å². The van der Waals surface area contributed by atoms with E-state index in [0.717, 1.165) is 25.9 Å². The van der Waals surface area contributed by atoms with Gasteiger partial charge in [0.15, 0.2) is 0 Å². The fraction of sp³-hybridized carbons (Fsp3) is 0.700. The third kappa shape index (κ3) is 2.57. The lowest BCUT2D eigenvalue weighted by Crippen LogP contribution is -2.11. The van der Waals surface area contributed by atoms with E-state index < -0.39 is 5.97 Å². The largest absolute Gasteiger partial charge is 0.460 e. The molecule has 0 amide bonds. The molecule has 0 aliphatic carbocycles. The number of esters is 1. The van der Waals surface area contributed by atoms with Gasteiger partial charge in [-0.3, -0.25) is 0 Å². The first kappa shape index (κ1) is 11.1. The van der Waals surface area contributed by atoms with Crippen LogP contribution in [0.4, 0.5) is 0 Å². The quantitative estimate of drug-likeness (QED) is 0.747. The molecular formula is C10H15N3O3. The highest BCUT2D eigenvalue weighted by atomic mass is 16.5. The van der Waals surface area contributed by atoms with E-state index in [1.165, 1.54) is 0 Å². The molecule has 6 heteroatoms. The van der Waals surface area contributed by atoms with Crippen molar-refractivity contribution in [3.8, 4) is 0 Å². The fourth-order valence-electron chi connectivity index (χ4n) is 1.75. The van der Waals surface area contributed by atoms with Gasteiger partial charge < -0.3 is 14.6 Å². The topological polar surface area (TPSA) is 77.2 Å². The summed E-state index contributed by atoms with van der Waals surface area (Å²) in [5.74, 6) is 0.525. The molecular weight excluding hydrogens is 210 g/mol. The number of carbonyl (C=O) groups excluding carboxylic acids is 1. The molecule has 1 saturated heterocycles. The molecule has 88 valence electrons. The lowest BCUT2D eigenvalue weighted by Gasteiger charge is -2.01. The van der Waals surface area contributed by atoms with Crippen LogP contribution in [0.15, 0.2) is 4.52 Å². The Kier molecular flexibility index (Phi) is 3.51. The second-order valence-electron chi connectivity index (χ2n) is 3.80. The summed E-state index contributed by atoms with van der Waals surface area (Å²) in [6.07, 6.45) is 1.83. The summed E-state index contributed by atoms with van der Waals surface area (Å²) in [5, 5.41) is 6.86. The number of hydrogen-bond donors (Lipinski definition) is 1. The number of nitrogens with one attached hydrogen (secondary N) is 1. The standard InChI is InChI=1S/C10H15N3O3/c1-2-15-10(14)9-12-8(16-13-9)5-7-3-4-11-6-7/h7,11H,2-6H2,1H3. The Labute approximate surface area is 93.4 Å². The number of rotatable bonds is 4. The van der Waals surface area contributed by atoms with E-state index in [-0.39, 0.29) is 5.82 Å². The second kappa shape index (κ2) is 5.07. The third-order valence-corrected chi connectivity index (χ3v) is 2.55. The summed E-state index contributed by atoms with van der Waals surface area (Å²) in [6, 6.07) is 0. The predicted octanol–water partition coefficient (Wildman–Crippen LogP) is 0.398. The van der Waals surface area contributed by atoms with Gasteiger partial charge in [0.2, 0.25) is 5.89 Å². The Morgan fingerprint density at radius 1 is 1.69 bits per heavy atom. The number of hydrogen-bond acceptors (Lipinski definition) is 6. The summed E-state index contributed by atoms with van der Waals surface area (Å²) < 4.78 is 9.78. The maximum absolute atomic E-state index is 11.3. The molecule has 1 aromatic heterocycles. The van der Waals surface area contributed by atoms with Crippen molar-refractivity contribution in [2.45, 2.75) is 19.8 Å². The first-order valence-electron chi connectivity index (χ1n) is 5.50. The minimum absolute atomic E-state index is 0.0165. The van der Waals surface area contributed by atoms with Gasteiger partial charge in [0.05, 0.1) is 6.61 Å². The minimum Gasteiger partial charge on any atom is -0.460 e. The monoisotopic (exact) mass is 225 g/mol. The van der Waals surface area contributed by atoms with Crippen molar-refractivity contribution < 1.29 is 14.1 Å². The van der Waals surface area contributed by atoms with Crippen LogP contribution in [-0.2, 0) is 11.2 Å². The summed E-state index contributed by atoms with van der Waals surface area (Å²) in [7, 11) is 0. The molecule has 1 fully saturated rings. The lowest BCUT2D eigenvalue weighted by atomic mass is 10.1. The lowest BCUT2D eigenvalue weighted by molar-refractivity contribution is 0.0508. The molecule has 1 N–H and O–H groups in total. The normalized spacial score (nSPS) is 19.9. The first-order chi connectivity index (χ1) is 7.79. The van der Waals surface area contributed by atoms with Crippen molar-refractivity contribution in [3.63, 3.8) is 0 Å². The Hall–Kier alpha value is -1.43. The Morgan fingerprint density at radius 2 is 2.56 bits per heavy atom.